The second-order valence-electron chi connectivity index (χ2n) is 5.04. The molecule has 0 atom stereocenters. The molecule has 0 spiro atoms. The normalized spacial score (nSPS) is 10.5. The zero-order valence-electron chi connectivity index (χ0n) is 13.2. The van der Waals surface area contributed by atoms with Crippen LogP contribution in [-0.2, 0) is 6.54 Å². The fourth-order valence-electron chi connectivity index (χ4n) is 2.34. The zero-order valence-corrected chi connectivity index (χ0v) is 13.2. The highest BCUT2D eigenvalue weighted by Gasteiger charge is 2.09. The molecule has 0 saturated heterocycles. The van der Waals surface area contributed by atoms with Crippen LogP contribution in [0.1, 0.15) is 18.1 Å². The van der Waals surface area contributed by atoms with Gasteiger partial charge in [0.25, 0.3) is 0 Å². The Morgan fingerprint density at radius 3 is 2.19 bits per heavy atom. The van der Waals surface area contributed by atoms with Crippen molar-refractivity contribution in [1.29, 1.82) is 0 Å². The minimum atomic E-state index is 0.806. The van der Waals surface area contributed by atoms with Gasteiger partial charge in [-0.2, -0.15) is 0 Å². The highest BCUT2D eigenvalue weighted by atomic mass is 16.5. The van der Waals surface area contributed by atoms with Crippen molar-refractivity contribution in [1.82, 2.24) is 5.32 Å². The van der Waals surface area contributed by atoms with E-state index in [0.29, 0.717) is 0 Å². The average molecular weight is 285 g/mol. The molecule has 0 aromatic heterocycles. The summed E-state index contributed by atoms with van der Waals surface area (Å²) in [6, 6.07) is 12.5. The Bertz CT molecular complexity index is 586. The summed E-state index contributed by atoms with van der Waals surface area (Å²) in [5.74, 6) is 1.61. The van der Waals surface area contributed by atoms with Crippen LogP contribution in [0.5, 0.6) is 11.5 Å². The van der Waals surface area contributed by atoms with E-state index in [0.717, 1.165) is 30.2 Å². The van der Waals surface area contributed by atoms with Crippen molar-refractivity contribution in [2.75, 3.05) is 20.8 Å². The van der Waals surface area contributed by atoms with Gasteiger partial charge in [-0.3, -0.25) is 0 Å². The Morgan fingerprint density at radius 1 is 0.952 bits per heavy atom. The fraction of sp³-hybridized carbons (Fsp3) is 0.333. The van der Waals surface area contributed by atoms with E-state index in [1.165, 1.54) is 16.7 Å². The Balaban J connectivity index is 2.51. The first-order valence-electron chi connectivity index (χ1n) is 7.21. The lowest BCUT2D eigenvalue weighted by Gasteiger charge is -2.14. The van der Waals surface area contributed by atoms with E-state index in [9.17, 15) is 0 Å². The van der Waals surface area contributed by atoms with E-state index in [2.05, 4.69) is 37.4 Å². The molecular weight excluding hydrogens is 262 g/mol. The molecule has 3 nitrogen and oxygen atoms in total. The molecule has 21 heavy (non-hydrogen) atoms. The third kappa shape index (κ3) is 3.76. The number of hydrogen-bond donors (Lipinski definition) is 1. The maximum Gasteiger partial charge on any atom is 0.123 e. The Hall–Kier alpha value is -2.00. The summed E-state index contributed by atoms with van der Waals surface area (Å²) >= 11 is 0. The third-order valence-electron chi connectivity index (χ3n) is 3.49. The van der Waals surface area contributed by atoms with E-state index in [4.69, 9.17) is 9.47 Å². The molecule has 1 N–H and O–H groups in total. The molecule has 0 unspecified atom stereocenters. The lowest BCUT2D eigenvalue weighted by atomic mass is 9.97. The van der Waals surface area contributed by atoms with E-state index in [1.54, 1.807) is 14.2 Å². The van der Waals surface area contributed by atoms with Gasteiger partial charge in [0, 0.05) is 12.6 Å². The molecule has 3 heteroatoms. The third-order valence-corrected chi connectivity index (χ3v) is 3.49. The maximum atomic E-state index is 5.37. The lowest BCUT2D eigenvalue weighted by molar-refractivity contribution is 0.394. The summed E-state index contributed by atoms with van der Waals surface area (Å²) in [5, 5.41) is 3.39. The van der Waals surface area contributed by atoms with Gasteiger partial charge >= 0.3 is 0 Å². The second kappa shape index (κ2) is 7.14. The SMILES string of the molecule is CCNCc1ccc(C)cc1-c1cc(OC)cc(OC)c1. The van der Waals surface area contributed by atoms with Crippen LogP contribution >= 0.6 is 0 Å². The molecule has 0 amide bonds. The standard InChI is InChI=1S/C18H23NO2/c1-5-19-12-14-7-6-13(2)8-18(14)15-9-16(20-3)11-17(10-15)21-4/h6-11,19H,5,12H2,1-4H3. The lowest BCUT2D eigenvalue weighted by Crippen LogP contribution is -2.12. The van der Waals surface area contributed by atoms with E-state index in [1.807, 2.05) is 18.2 Å². The van der Waals surface area contributed by atoms with Gasteiger partial charge in [0.05, 0.1) is 14.2 Å². The van der Waals surface area contributed by atoms with Gasteiger partial charge in [-0.25, -0.2) is 0 Å². The molecule has 2 aromatic rings. The monoisotopic (exact) mass is 285 g/mol. The molecule has 0 saturated carbocycles. The van der Waals surface area contributed by atoms with E-state index < -0.39 is 0 Å². The van der Waals surface area contributed by atoms with Crippen molar-refractivity contribution in [3.63, 3.8) is 0 Å². The fourth-order valence-corrected chi connectivity index (χ4v) is 2.34. The average Bonchev–Trinajstić information content (AvgIpc) is 2.53. The van der Waals surface area contributed by atoms with Crippen molar-refractivity contribution in [2.24, 2.45) is 0 Å². The van der Waals surface area contributed by atoms with Gasteiger partial charge in [0.1, 0.15) is 11.5 Å². The molecule has 2 rings (SSSR count). The van der Waals surface area contributed by atoms with Crippen LogP contribution in [0.3, 0.4) is 0 Å². The van der Waals surface area contributed by atoms with Gasteiger partial charge in [-0.15, -0.1) is 0 Å². The maximum absolute atomic E-state index is 5.37. The molecule has 0 aliphatic rings. The summed E-state index contributed by atoms with van der Waals surface area (Å²) in [6.45, 7) is 6.03. The predicted molar refractivity (Wildman–Crippen MR) is 87.1 cm³/mol. The van der Waals surface area contributed by atoms with Crippen LogP contribution in [0.15, 0.2) is 36.4 Å². The summed E-state index contributed by atoms with van der Waals surface area (Å²) in [5.41, 5.74) is 4.85. The van der Waals surface area contributed by atoms with E-state index in [-0.39, 0.29) is 0 Å². The van der Waals surface area contributed by atoms with Gasteiger partial charge in [0.15, 0.2) is 0 Å². The largest absolute Gasteiger partial charge is 0.497 e. The smallest absolute Gasteiger partial charge is 0.123 e. The predicted octanol–water partition coefficient (Wildman–Crippen LogP) is 3.79. The number of aryl methyl sites for hydroxylation is 1. The van der Waals surface area contributed by atoms with Gasteiger partial charge in [-0.05, 0) is 42.3 Å². The Morgan fingerprint density at radius 2 is 1.62 bits per heavy atom. The molecule has 0 heterocycles. The zero-order chi connectivity index (χ0) is 15.2. The van der Waals surface area contributed by atoms with Crippen LogP contribution in [0, 0.1) is 6.92 Å². The number of nitrogens with one attached hydrogen (secondary N) is 1. The first-order valence-corrected chi connectivity index (χ1v) is 7.21. The molecule has 0 fully saturated rings. The van der Waals surface area contributed by atoms with Gasteiger partial charge in [-0.1, -0.05) is 30.7 Å². The Kier molecular flexibility index (Phi) is 5.23. The van der Waals surface area contributed by atoms with Crippen LogP contribution in [0.4, 0.5) is 0 Å². The quantitative estimate of drug-likeness (QED) is 0.876. The minimum Gasteiger partial charge on any atom is -0.497 e. The van der Waals surface area contributed by atoms with Crippen molar-refractivity contribution in [3.05, 3.63) is 47.5 Å². The summed E-state index contributed by atoms with van der Waals surface area (Å²) in [6.07, 6.45) is 0. The van der Waals surface area contributed by atoms with Crippen molar-refractivity contribution < 1.29 is 9.47 Å². The first-order chi connectivity index (χ1) is 10.2. The Labute approximate surface area is 126 Å². The van der Waals surface area contributed by atoms with Crippen molar-refractivity contribution in [2.45, 2.75) is 20.4 Å². The second-order valence-corrected chi connectivity index (χ2v) is 5.04. The molecule has 2 aromatic carbocycles. The highest BCUT2D eigenvalue weighted by molar-refractivity contribution is 5.71. The number of ether oxygens (including phenoxy) is 2. The topological polar surface area (TPSA) is 30.5 Å². The summed E-state index contributed by atoms with van der Waals surface area (Å²) < 4.78 is 10.7. The van der Waals surface area contributed by atoms with Crippen molar-refractivity contribution >= 4 is 0 Å². The van der Waals surface area contributed by atoms with Crippen LogP contribution in [0.25, 0.3) is 11.1 Å². The molecule has 112 valence electrons. The number of hydrogen-bond acceptors (Lipinski definition) is 3. The highest BCUT2D eigenvalue weighted by Crippen LogP contribution is 2.32. The molecule has 0 aliphatic heterocycles. The van der Waals surface area contributed by atoms with Crippen LogP contribution in [0.2, 0.25) is 0 Å². The number of rotatable bonds is 6. The van der Waals surface area contributed by atoms with E-state index >= 15 is 0 Å². The number of methoxy groups -OCH3 is 2. The molecule has 0 bridgehead atoms. The van der Waals surface area contributed by atoms with Crippen LogP contribution < -0.4 is 14.8 Å². The van der Waals surface area contributed by atoms with Gasteiger partial charge < -0.3 is 14.8 Å². The van der Waals surface area contributed by atoms with Crippen molar-refractivity contribution in [3.8, 4) is 22.6 Å². The molecular formula is C18H23NO2. The molecule has 0 aliphatic carbocycles. The van der Waals surface area contributed by atoms with Crippen LogP contribution in [-0.4, -0.2) is 20.8 Å². The number of benzene rings is 2. The summed E-state index contributed by atoms with van der Waals surface area (Å²) in [7, 11) is 3.35. The summed E-state index contributed by atoms with van der Waals surface area (Å²) in [4.78, 5) is 0. The minimum absolute atomic E-state index is 0.806. The first kappa shape index (κ1) is 15.4. The van der Waals surface area contributed by atoms with Gasteiger partial charge in [0.2, 0.25) is 0 Å². The molecule has 0 radical (unpaired) electrons.